The lowest BCUT2D eigenvalue weighted by Crippen LogP contribution is -2.33. The SMILES string of the molecule is C[C@H](c1ccco1)N(C)S(=O)(=O)C[C@H](C)c1ccccc1. The van der Waals surface area contributed by atoms with Crippen molar-refractivity contribution in [1.29, 1.82) is 0 Å². The smallest absolute Gasteiger partial charge is 0.215 e. The molecule has 0 bridgehead atoms. The number of rotatable bonds is 6. The van der Waals surface area contributed by atoms with Gasteiger partial charge in [-0.2, -0.15) is 4.31 Å². The van der Waals surface area contributed by atoms with Gasteiger partial charge >= 0.3 is 0 Å². The topological polar surface area (TPSA) is 50.5 Å². The molecule has 0 amide bonds. The molecule has 0 unspecified atom stereocenters. The molecule has 21 heavy (non-hydrogen) atoms. The summed E-state index contributed by atoms with van der Waals surface area (Å²) in [7, 11) is -1.76. The molecule has 0 aliphatic rings. The van der Waals surface area contributed by atoms with E-state index in [1.54, 1.807) is 25.4 Å². The van der Waals surface area contributed by atoms with Crippen molar-refractivity contribution >= 4 is 10.0 Å². The third-order valence-corrected chi connectivity index (χ3v) is 5.88. The average Bonchev–Trinajstić information content (AvgIpc) is 3.00. The van der Waals surface area contributed by atoms with E-state index in [4.69, 9.17) is 4.42 Å². The summed E-state index contributed by atoms with van der Waals surface area (Å²) in [6.45, 7) is 3.75. The van der Waals surface area contributed by atoms with E-state index in [1.807, 2.05) is 44.2 Å². The molecule has 4 nitrogen and oxygen atoms in total. The van der Waals surface area contributed by atoms with E-state index >= 15 is 0 Å². The summed E-state index contributed by atoms with van der Waals surface area (Å²) in [4.78, 5) is 0. The van der Waals surface area contributed by atoms with Gasteiger partial charge in [-0.05, 0) is 30.5 Å². The van der Waals surface area contributed by atoms with E-state index < -0.39 is 10.0 Å². The van der Waals surface area contributed by atoms with Crippen LogP contribution in [0, 0.1) is 0 Å². The van der Waals surface area contributed by atoms with Gasteiger partial charge < -0.3 is 4.42 Å². The zero-order valence-corrected chi connectivity index (χ0v) is 13.4. The van der Waals surface area contributed by atoms with Gasteiger partial charge in [0.15, 0.2) is 0 Å². The van der Waals surface area contributed by atoms with Gasteiger partial charge in [0.1, 0.15) is 5.76 Å². The van der Waals surface area contributed by atoms with Gasteiger partial charge in [-0.25, -0.2) is 8.42 Å². The fourth-order valence-electron chi connectivity index (χ4n) is 2.26. The maximum atomic E-state index is 12.5. The quantitative estimate of drug-likeness (QED) is 0.822. The lowest BCUT2D eigenvalue weighted by atomic mass is 10.0. The molecule has 0 saturated heterocycles. The molecule has 2 aromatic rings. The summed E-state index contributed by atoms with van der Waals surface area (Å²) in [5, 5.41) is 0. The fraction of sp³-hybridized carbons (Fsp3) is 0.375. The van der Waals surface area contributed by atoms with Gasteiger partial charge in [-0.15, -0.1) is 0 Å². The molecule has 0 aliphatic carbocycles. The second-order valence-corrected chi connectivity index (χ2v) is 7.37. The lowest BCUT2D eigenvalue weighted by Gasteiger charge is -2.24. The predicted molar refractivity (Wildman–Crippen MR) is 83.5 cm³/mol. The number of nitrogens with zero attached hydrogens (tertiary/aromatic N) is 1. The van der Waals surface area contributed by atoms with Crippen LogP contribution in [-0.2, 0) is 10.0 Å². The van der Waals surface area contributed by atoms with Crippen molar-refractivity contribution in [2.75, 3.05) is 12.8 Å². The molecule has 1 heterocycles. The van der Waals surface area contributed by atoms with E-state index in [1.165, 1.54) is 4.31 Å². The van der Waals surface area contributed by atoms with Crippen LogP contribution < -0.4 is 0 Å². The predicted octanol–water partition coefficient (Wildman–Crippen LogP) is 3.41. The molecule has 114 valence electrons. The Balaban J connectivity index is 2.11. The molecule has 0 radical (unpaired) electrons. The maximum Gasteiger partial charge on any atom is 0.215 e. The van der Waals surface area contributed by atoms with Crippen LogP contribution in [0.3, 0.4) is 0 Å². The van der Waals surface area contributed by atoms with Crippen molar-refractivity contribution in [1.82, 2.24) is 4.31 Å². The molecule has 0 fully saturated rings. The van der Waals surface area contributed by atoms with Crippen LogP contribution in [-0.4, -0.2) is 25.5 Å². The van der Waals surface area contributed by atoms with Crippen LogP contribution in [0.25, 0.3) is 0 Å². The van der Waals surface area contributed by atoms with Crippen molar-refractivity contribution in [3.63, 3.8) is 0 Å². The summed E-state index contributed by atoms with van der Waals surface area (Å²) in [6.07, 6.45) is 1.55. The van der Waals surface area contributed by atoms with E-state index in [-0.39, 0.29) is 17.7 Å². The van der Waals surface area contributed by atoms with Crippen LogP contribution in [0.1, 0.15) is 37.1 Å². The third-order valence-electron chi connectivity index (χ3n) is 3.77. The highest BCUT2D eigenvalue weighted by atomic mass is 32.2. The van der Waals surface area contributed by atoms with Crippen molar-refractivity contribution in [3.8, 4) is 0 Å². The molecule has 1 aromatic carbocycles. The Morgan fingerprint density at radius 3 is 2.33 bits per heavy atom. The molecule has 1 aromatic heterocycles. The van der Waals surface area contributed by atoms with E-state index in [9.17, 15) is 8.42 Å². The third kappa shape index (κ3) is 3.74. The number of benzene rings is 1. The summed E-state index contributed by atoms with van der Waals surface area (Å²) < 4.78 is 31.7. The Kier molecular flexibility index (Phi) is 4.85. The summed E-state index contributed by atoms with van der Waals surface area (Å²) in [5.41, 5.74) is 1.03. The van der Waals surface area contributed by atoms with Crippen molar-refractivity contribution < 1.29 is 12.8 Å². The Bertz CT molecular complexity index is 650. The van der Waals surface area contributed by atoms with E-state index in [0.717, 1.165) is 5.56 Å². The van der Waals surface area contributed by atoms with Gasteiger partial charge in [-0.1, -0.05) is 37.3 Å². The Labute approximate surface area is 126 Å². The lowest BCUT2D eigenvalue weighted by molar-refractivity contribution is 0.339. The normalized spacial score (nSPS) is 15.0. The molecular weight excluding hydrogens is 286 g/mol. The van der Waals surface area contributed by atoms with Crippen LogP contribution in [0.4, 0.5) is 0 Å². The highest BCUT2D eigenvalue weighted by Gasteiger charge is 2.27. The molecule has 0 N–H and O–H groups in total. The first kappa shape index (κ1) is 15.8. The molecule has 0 saturated carbocycles. The highest BCUT2D eigenvalue weighted by molar-refractivity contribution is 7.89. The van der Waals surface area contributed by atoms with Gasteiger partial charge in [0.2, 0.25) is 10.0 Å². The van der Waals surface area contributed by atoms with Crippen molar-refractivity contribution in [2.45, 2.75) is 25.8 Å². The first-order chi connectivity index (χ1) is 9.92. The number of hydrogen-bond donors (Lipinski definition) is 0. The monoisotopic (exact) mass is 307 g/mol. The van der Waals surface area contributed by atoms with Gasteiger partial charge in [0.05, 0.1) is 18.1 Å². The standard InChI is InChI=1S/C16H21NO3S/c1-13(15-8-5-4-6-9-15)12-21(18,19)17(3)14(2)16-10-7-11-20-16/h4-11,13-14H,12H2,1-3H3/t13-,14+/m0/s1. The van der Waals surface area contributed by atoms with Crippen LogP contribution in [0.2, 0.25) is 0 Å². The van der Waals surface area contributed by atoms with Crippen LogP contribution >= 0.6 is 0 Å². The summed E-state index contributed by atoms with van der Waals surface area (Å²) in [6, 6.07) is 12.9. The second-order valence-electron chi connectivity index (χ2n) is 5.30. The molecule has 2 atom stereocenters. The van der Waals surface area contributed by atoms with Gasteiger partial charge in [0.25, 0.3) is 0 Å². The Morgan fingerprint density at radius 2 is 1.76 bits per heavy atom. The first-order valence-corrected chi connectivity index (χ1v) is 8.57. The Hall–Kier alpha value is -1.59. The minimum Gasteiger partial charge on any atom is -0.468 e. The summed E-state index contributed by atoms with van der Waals surface area (Å²) >= 11 is 0. The largest absolute Gasteiger partial charge is 0.468 e. The van der Waals surface area contributed by atoms with Crippen LogP contribution in [0.15, 0.2) is 53.1 Å². The zero-order chi connectivity index (χ0) is 15.5. The van der Waals surface area contributed by atoms with Crippen molar-refractivity contribution in [2.24, 2.45) is 0 Å². The second kappa shape index (κ2) is 6.45. The van der Waals surface area contributed by atoms with E-state index in [2.05, 4.69) is 0 Å². The van der Waals surface area contributed by atoms with Crippen LogP contribution in [0.5, 0.6) is 0 Å². The number of sulfonamides is 1. The van der Waals surface area contributed by atoms with Gasteiger partial charge in [0, 0.05) is 7.05 Å². The van der Waals surface area contributed by atoms with E-state index in [0.29, 0.717) is 5.76 Å². The van der Waals surface area contributed by atoms with Gasteiger partial charge in [-0.3, -0.25) is 0 Å². The maximum absolute atomic E-state index is 12.5. The minimum atomic E-state index is -3.36. The molecule has 0 spiro atoms. The molecule has 2 rings (SSSR count). The average molecular weight is 307 g/mol. The first-order valence-electron chi connectivity index (χ1n) is 6.96. The molecular formula is C16H21NO3S. The summed E-state index contributed by atoms with van der Waals surface area (Å²) in [5.74, 6) is 0.675. The minimum absolute atomic E-state index is 0.0533. The number of furan rings is 1. The number of hydrogen-bond acceptors (Lipinski definition) is 3. The highest BCUT2D eigenvalue weighted by Crippen LogP contribution is 2.25. The molecule has 0 aliphatic heterocycles. The zero-order valence-electron chi connectivity index (χ0n) is 12.6. The fourth-order valence-corrected chi connectivity index (χ4v) is 3.91. The molecule has 5 heteroatoms. The van der Waals surface area contributed by atoms with Crippen molar-refractivity contribution in [3.05, 3.63) is 60.1 Å². The Morgan fingerprint density at radius 1 is 1.10 bits per heavy atom.